The van der Waals surface area contributed by atoms with Crippen LogP contribution in [0.1, 0.15) is 23.2 Å². The standard InChI is InChI=1S/C17H22N4O3/c1-20-11-15(10-19-20)13-7-14(9-18-8-13)17(23)21-4-2-3-16(12-21)24-6-5-22/h7-11,16,22H,2-6,12H2,1H3. The lowest BCUT2D eigenvalue weighted by atomic mass is 10.1. The van der Waals surface area contributed by atoms with Crippen LogP contribution < -0.4 is 0 Å². The van der Waals surface area contributed by atoms with Crippen LogP contribution in [0.4, 0.5) is 0 Å². The monoisotopic (exact) mass is 330 g/mol. The van der Waals surface area contributed by atoms with Gasteiger partial charge in [-0.05, 0) is 18.9 Å². The Kier molecular flexibility index (Phi) is 5.22. The topological polar surface area (TPSA) is 80.5 Å². The summed E-state index contributed by atoms with van der Waals surface area (Å²) in [5, 5.41) is 13.0. The second-order valence-electron chi connectivity index (χ2n) is 5.97. The highest BCUT2D eigenvalue weighted by Gasteiger charge is 2.25. The summed E-state index contributed by atoms with van der Waals surface area (Å²) in [5.41, 5.74) is 2.38. The summed E-state index contributed by atoms with van der Waals surface area (Å²) in [4.78, 5) is 18.8. The van der Waals surface area contributed by atoms with Crippen LogP contribution in [-0.2, 0) is 11.8 Å². The van der Waals surface area contributed by atoms with Crippen molar-refractivity contribution in [1.29, 1.82) is 0 Å². The van der Waals surface area contributed by atoms with Crippen molar-refractivity contribution in [2.75, 3.05) is 26.3 Å². The highest BCUT2D eigenvalue weighted by Crippen LogP contribution is 2.21. The molecule has 24 heavy (non-hydrogen) atoms. The van der Waals surface area contributed by atoms with E-state index in [1.165, 1.54) is 0 Å². The van der Waals surface area contributed by atoms with Gasteiger partial charge in [-0.25, -0.2) is 0 Å². The normalized spacial score (nSPS) is 17.9. The van der Waals surface area contributed by atoms with Crippen molar-refractivity contribution in [2.45, 2.75) is 18.9 Å². The molecule has 1 N–H and O–H groups in total. The average molecular weight is 330 g/mol. The number of hydrogen-bond acceptors (Lipinski definition) is 5. The summed E-state index contributed by atoms with van der Waals surface area (Å²) in [6.07, 6.45) is 8.78. The molecule has 1 unspecified atom stereocenters. The highest BCUT2D eigenvalue weighted by atomic mass is 16.5. The predicted molar refractivity (Wildman–Crippen MR) is 88.4 cm³/mol. The van der Waals surface area contributed by atoms with Crippen LogP contribution in [-0.4, -0.2) is 63.1 Å². The molecule has 2 aromatic rings. The number of ether oxygens (including phenoxy) is 1. The van der Waals surface area contributed by atoms with Gasteiger partial charge in [0, 0.05) is 49.9 Å². The first-order chi connectivity index (χ1) is 11.7. The summed E-state index contributed by atoms with van der Waals surface area (Å²) in [5.74, 6) is -0.0365. The van der Waals surface area contributed by atoms with Crippen molar-refractivity contribution in [1.82, 2.24) is 19.7 Å². The minimum Gasteiger partial charge on any atom is -0.394 e. The summed E-state index contributed by atoms with van der Waals surface area (Å²) in [7, 11) is 1.85. The molecule has 0 aliphatic carbocycles. The lowest BCUT2D eigenvalue weighted by Crippen LogP contribution is -2.43. The van der Waals surface area contributed by atoms with Crippen LogP contribution in [0, 0.1) is 0 Å². The minimum absolute atomic E-state index is 0.00151. The lowest BCUT2D eigenvalue weighted by molar-refractivity contribution is -0.0110. The maximum Gasteiger partial charge on any atom is 0.255 e. The Bertz CT molecular complexity index is 701. The Morgan fingerprint density at radius 1 is 1.38 bits per heavy atom. The zero-order valence-corrected chi connectivity index (χ0v) is 13.8. The molecule has 7 nitrogen and oxygen atoms in total. The molecule has 1 aliphatic heterocycles. The maximum atomic E-state index is 12.8. The van der Waals surface area contributed by atoms with Gasteiger partial charge in [-0.1, -0.05) is 0 Å². The van der Waals surface area contributed by atoms with Crippen LogP contribution in [0.2, 0.25) is 0 Å². The Morgan fingerprint density at radius 3 is 3.00 bits per heavy atom. The van der Waals surface area contributed by atoms with E-state index >= 15 is 0 Å². The molecule has 1 fully saturated rings. The van der Waals surface area contributed by atoms with E-state index in [0.717, 1.165) is 30.5 Å². The van der Waals surface area contributed by atoms with E-state index in [-0.39, 0.29) is 18.6 Å². The van der Waals surface area contributed by atoms with Crippen LogP contribution in [0.25, 0.3) is 11.1 Å². The zero-order chi connectivity index (χ0) is 16.9. The third-order valence-corrected chi connectivity index (χ3v) is 4.13. The number of rotatable bonds is 5. The van der Waals surface area contributed by atoms with Gasteiger partial charge in [0.05, 0.1) is 31.1 Å². The van der Waals surface area contributed by atoms with E-state index in [9.17, 15) is 4.79 Å². The third kappa shape index (κ3) is 3.80. The summed E-state index contributed by atoms with van der Waals surface area (Å²) in [6.45, 7) is 1.58. The molecule has 0 radical (unpaired) electrons. The summed E-state index contributed by atoms with van der Waals surface area (Å²) >= 11 is 0. The number of carbonyl (C=O) groups is 1. The first kappa shape index (κ1) is 16.6. The third-order valence-electron chi connectivity index (χ3n) is 4.13. The Hall–Kier alpha value is -2.25. The second-order valence-corrected chi connectivity index (χ2v) is 5.97. The average Bonchev–Trinajstić information content (AvgIpc) is 3.06. The number of piperidine rings is 1. The van der Waals surface area contributed by atoms with E-state index in [1.807, 2.05) is 19.3 Å². The van der Waals surface area contributed by atoms with Crippen molar-refractivity contribution in [3.8, 4) is 11.1 Å². The number of pyridine rings is 1. The van der Waals surface area contributed by atoms with Gasteiger partial charge < -0.3 is 14.7 Å². The molecule has 2 aromatic heterocycles. The van der Waals surface area contributed by atoms with Gasteiger partial charge in [-0.15, -0.1) is 0 Å². The van der Waals surface area contributed by atoms with Crippen molar-refractivity contribution < 1.29 is 14.6 Å². The Morgan fingerprint density at radius 2 is 2.25 bits per heavy atom. The Labute approximate surface area is 140 Å². The largest absolute Gasteiger partial charge is 0.394 e. The number of aromatic nitrogens is 3. The lowest BCUT2D eigenvalue weighted by Gasteiger charge is -2.32. The number of aliphatic hydroxyl groups is 1. The molecule has 0 saturated carbocycles. The molecular weight excluding hydrogens is 308 g/mol. The molecular formula is C17H22N4O3. The van der Waals surface area contributed by atoms with Crippen LogP contribution >= 0.6 is 0 Å². The highest BCUT2D eigenvalue weighted by molar-refractivity contribution is 5.95. The number of amides is 1. The van der Waals surface area contributed by atoms with Gasteiger partial charge in [-0.2, -0.15) is 5.10 Å². The van der Waals surface area contributed by atoms with E-state index in [1.54, 1.807) is 28.2 Å². The fourth-order valence-corrected chi connectivity index (χ4v) is 2.95. The summed E-state index contributed by atoms with van der Waals surface area (Å²) < 4.78 is 7.29. The van der Waals surface area contributed by atoms with E-state index in [0.29, 0.717) is 18.7 Å². The SMILES string of the molecule is Cn1cc(-c2cncc(C(=O)N3CCCC(OCCO)C3)c2)cn1. The fraction of sp³-hybridized carbons (Fsp3) is 0.471. The predicted octanol–water partition coefficient (Wildman–Crippen LogP) is 1.10. The van der Waals surface area contributed by atoms with E-state index in [2.05, 4.69) is 10.1 Å². The van der Waals surface area contributed by atoms with E-state index in [4.69, 9.17) is 9.84 Å². The second kappa shape index (κ2) is 7.55. The Balaban J connectivity index is 1.72. The van der Waals surface area contributed by atoms with Crippen molar-refractivity contribution >= 4 is 5.91 Å². The summed E-state index contributed by atoms with van der Waals surface area (Å²) in [6, 6.07) is 1.85. The van der Waals surface area contributed by atoms with E-state index < -0.39 is 0 Å². The zero-order valence-electron chi connectivity index (χ0n) is 13.8. The van der Waals surface area contributed by atoms with Crippen molar-refractivity contribution in [3.63, 3.8) is 0 Å². The fourth-order valence-electron chi connectivity index (χ4n) is 2.95. The molecule has 0 bridgehead atoms. The van der Waals surface area contributed by atoms with Crippen molar-refractivity contribution in [2.24, 2.45) is 7.05 Å². The molecule has 1 aliphatic rings. The molecule has 3 heterocycles. The molecule has 1 amide bonds. The quantitative estimate of drug-likeness (QED) is 0.888. The van der Waals surface area contributed by atoms with Gasteiger partial charge in [0.2, 0.25) is 0 Å². The van der Waals surface area contributed by atoms with Gasteiger partial charge in [0.25, 0.3) is 5.91 Å². The van der Waals surface area contributed by atoms with Crippen LogP contribution in [0.3, 0.4) is 0 Å². The number of aryl methyl sites for hydroxylation is 1. The number of aliphatic hydroxyl groups excluding tert-OH is 1. The number of likely N-dealkylation sites (tertiary alicyclic amines) is 1. The molecule has 1 atom stereocenters. The first-order valence-electron chi connectivity index (χ1n) is 8.13. The molecule has 0 spiro atoms. The molecule has 7 heteroatoms. The molecule has 3 rings (SSSR count). The number of nitrogens with zero attached hydrogens (tertiary/aromatic N) is 4. The van der Waals surface area contributed by atoms with Crippen LogP contribution in [0.5, 0.6) is 0 Å². The maximum absolute atomic E-state index is 12.8. The first-order valence-corrected chi connectivity index (χ1v) is 8.13. The van der Waals surface area contributed by atoms with Gasteiger partial charge in [-0.3, -0.25) is 14.5 Å². The number of hydrogen-bond donors (Lipinski definition) is 1. The minimum atomic E-state index is -0.0365. The molecule has 0 aromatic carbocycles. The number of carbonyl (C=O) groups excluding carboxylic acids is 1. The van der Waals surface area contributed by atoms with Gasteiger partial charge >= 0.3 is 0 Å². The van der Waals surface area contributed by atoms with Crippen molar-refractivity contribution in [3.05, 3.63) is 36.4 Å². The van der Waals surface area contributed by atoms with Gasteiger partial charge in [0.15, 0.2) is 0 Å². The molecule has 1 saturated heterocycles. The molecule has 128 valence electrons. The van der Waals surface area contributed by atoms with Gasteiger partial charge in [0.1, 0.15) is 0 Å². The smallest absolute Gasteiger partial charge is 0.255 e. The van der Waals surface area contributed by atoms with Crippen LogP contribution in [0.15, 0.2) is 30.9 Å².